The summed E-state index contributed by atoms with van der Waals surface area (Å²) in [5.74, 6) is -0.0869. The molecule has 20 heavy (non-hydrogen) atoms. The first-order valence-corrected chi connectivity index (χ1v) is 6.38. The summed E-state index contributed by atoms with van der Waals surface area (Å²) in [5.41, 5.74) is 6.47. The van der Waals surface area contributed by atoms with E-state index in [0.29, 0.717) is 18.0 Å². The Bertz CT molecular complexity index is 491. The molecular formula is C13H20N4O3. The van der Waals surface area contributed by atoms with Crippen LogP contribution in [-0.2, 0) is 11.3 Å². The lowest BCUT2D eigenvalue weighted by Crippen LogP contribution is -2.42. The Morgan fingerprint density at radius 1 is 1.45 bits per heavy atom. The fourth-order valence-corrected chi connectivity index (χ4v) is 1.54. The largest absolute Gasteiger partial charge is 0.479 e. The summed E-state index contributed by atoms with van der Waals surface area (Å²) in [4.78, 5) is 26.6. The van der Waals surface area contributed by atoms with Gasteiger partial charge in [-0.3, -0.25) is 15.1 Å². The van der Waals surface area contributed by atoms with E-state index in [9.17, 15) is 9.59 Å². The monoisotopic (exact) mass is 280 g/mol. The molecule has 0 fully saturated rings. The van der Waals surface area contributed by atoms with Crippen LogP contribution in [0.3, 0.4) is 0 Å². The van der Waals surface area contributed by atoms with Gasteiger partial charge in [0.2, 0.25) is 0 Å². The number of carbonyl (C=O) groups excluding carboxylic acids is 2. The first kappa shape index (κ1) is 15.9. The number of aromatic nitrogens is 1. The van der Waals surface area contributed by atoms with Gasteiger partial charge in [-0.05, 0) is 32.5 Å². The maximum atomic E-state index is 11.6. The van der Waals surface area contributed by atoms with Crippen molar-refractivity contribution in [3.05, 3.63) is 23.5 Å². The number of pyridine rings is 1. The van der Waals surface area contributed by atoms with Crippen molar-refractivity contribution in [1.29, 1.82) is 0 Å². The van der Waals surface area contributed by atoms with Crippen molar-refractivity contribution >= 4 is 11.9 Å². The highest BCUT2D eigenvalue weighted by Gasteiger charge is 2.18. The zero-order valence-electron chi connectivity index (χ0n) is 11.9. The molecule has 0 saturated carbocycles. The van der Waals surface area contributed by atoms with Crippen LogP contribution in [0.4, 0.5) is 4.79 Å². The second kappa shape index (κ2) is 7.44. The van der Waals surface area contributed by atoms with Crippen molar-refractivity contribution in [2.45, 2.75) is 33.4 Å². The van der Waals surface area contributed by atoms with Gasteiger partial charge in [0.25, 0.3) is 5.91 Å². The predicted molar refractivity (Wildman–Crippen MR) is 74.2 cm³/mol. The molecule has 0 radical (unpaired) electrons. The van der Waals surface area contributed by atoms with Crippen LogP contribution in [-0.4, -0.2) is 29.6 Å². The fraction of sp³-hybridized carbons (Fsp3) is 0.462. The maximum absolute atomic E-state index is 11.6. The van der Waals surface area contributed by atoms with E-state index in [1.165, 1.54) is 6.92 Å². The molecule has 1 heterocycles. The standard InChI is InChI=1S/C13H20N4O3/c1-4-15-7-10-11(6-5-8(2)16-10)20-9(3)12(18)17-13(14)19/h5-6,9,15H,4,7H2,1-3H3,(H3,14,17,18,19). The number of primary amides is 1. The quantitative estimate of drug-likeness (QED) is 0.702. The van der Waals surface area contributed by atoms with Gasteiger partial charge in [0.1, 0.15) is 5.75 Å². The van der Waals surface area contributed by atoms with Crippen LogP contribution in [0.1, 0.15) is 25.2 Å². The summed E-state index contributed by atoms with van der Waals surface area (Å²) in [6, 6.07) is 2.65. The van der Waals surface area contributed by atoms with Crippen LogP contribution in [0, 0.1) is 6.92 Å². The third-order valence-corrected chi connectivity index (χ3v) is 2.53. The van der Waals surface area contributed by atoms with Crippen molar-refractivity contribution in [1.82, 2.24) is 15.6 Å². The normalized spacial score (nSPS) is 11.8. The number of nitrogens with zero attached hydrogens (tertiary/aromatic N) is 1. The number of rotatable bonds is 6. The van der Waals surface area contributed by atoms with Gasteiger partial charge < -0.3 is 15.8 Å². The highest BCUT2D eigenvalue weighted by molar-refractivity contribution is 5.95. The Morgan fingerprint density at radius 2 is 2.15 bits per heavy atom. The molecule has 0 spiro atoms. The Labute approximate surface area is 117 Å². The van der Waals surface area contributed by atoms with E-state index < -0.39 is 18.0 Å². The van der Waals surface area contributed by atoms with Crippen molar-refractivity contribution in [2.24, 2.45) is 5.73 Å². The first-order chi connectivity index (χ1) is 9.43. The molecule has 7 nitrogen and oxygen atoms in total. The molecule has 7 heteroatoms. The summed E-state index contributed by atoms with van der Waals surface area (Å²) < 4.78 is 5.54. The molecule has 0 aliphatic heterocycles. The molecule has 1 aromatic heterocycles. The number of ether oxygens (including phenoxy) is 1. The fourth-order valence-electron chi connectivity index (χ4n) is 1.54. The Morgan fingerprint density at radius 3 is 2.75 bits per heavy atom. The second-order valence-corrected chi connectivity index (χ2v) is 4.29. The summed E-state index contributed by atoms with van der Waals surface area (Å²) in [6.07, 6.45) is -0.840. The molecule has 0 bridgehead atoms. The Hall–Kier alpha value is -2.15. The molecule has 4 N–H and O–H groups in total. The van der Waals surface area contributed by atoms with Gasteiger partial charge in [-0.1, -0.05) is 6.92 Å². The third-order valence-electron chi connectivity index (χ3n) is 2.53. The average Bonchev–Trinajstić information content (AvgIpc) is 2.38. The molecule has 1 rings (SSSR count). The molecule has 0 aliphatic rings. The molecule has 1 aromatic rings. The molecule has 3 amide bonds. The van der Waals surface area contributed by atoms with Gasteiger partial charge in [0.15, 0.2) is 6.10 Å². The number of nitrogens with one attached hydrogen (secondary N) is 2. The van der Waals surface area contributed by atoms with Gasteiger partial charge in [0, 0.05) is 12.2 Å². The van der Waals surface area contributed by atoms with E-state index in [0.717, 1.165) is 12.2 Å². The van der Waals surface area contributed by atoms with Gasteiger partial charge in [-0.15, -0.1) is 0 Å². The molecule has 0 aromatic carbocycles. The van der Waals surface area contributed by atoms with E-state index in [2.05, 4.69) is 10.3 Å². The van der Waals surface area contributed by atoms with Gasteiger partial charge >= 0.3 is 6.03 Å². The van der Waals surface area contributed by atoms with E-state index in [4.69, 9.17) is 10.5 Å². The number of nitrogens with two attached hydrogens (primary N) is 1. The minimum Gasteiger partial charge on any atom is -0.479 e. The van der Waals surface area contributed by atoms with Crippen LogP contribution < -0.4 is 21.1 Å². The maximum Gasteiger partial charge on any atom is 0.318 e. The highest BCUT2D eigenvalue weighted by atomic mass is 16.5. The minimum absolute atomic E-state index is 0.503. The van der Waals surface area contributed by atoms with Crippen LogP contribution >= 0.6 is 0 Å². The van der Waals surface area contributed by atoms with Crippen molar-refractivity contribution in [3.63, 3.8) is 0 Å². The number of urea groups is 1. The zero-order valence-corrected chi connectivity index (χ0v) is 11.9. The topological polar surface area (TPSA) is 106 Å². The SMILES string of the molecule is CCNCc1nc(C)ccc1OC(C)C(=O)NC(N)=O. The molecule has 1 unspecified atom stereocenters. The van der Waals surface area contributed by atoms with Crippen LogP contribution in [0.15, 0.2) is 12.1 Å². The average molecular weight is 280 g/mol. The summed E-state index contributed by atoms with van der Waals surface area (Å²) in [7, 11) is 0. The van der Waals surface area contributed by atoms with E-state index in [1.54, 1.807) is 12.1 Å². The van der Waals surface area contributed by atoms with E-state index in [1.807, 2.05) is 19.2 Å². The zero-order chi connectivity index (χ0) is 15.1. The molecule has 0 saturated heterocycles. The molecular weight excluding hydrogens is 260 g/mol. The Balaban J connectivity index is 2.79. The number of amides is 3. The number of aryl methyl sites for hydroxylation is 1. The Kier molecular flexibility index (Phi) is 5.92. The third kappa shape index (κ3) is 4.85. The van der Waals surface area contributed by atoms with E-state index >= 15 is 0 Å². The summed E-state index contributed by atoms with van der Waals surface area (Å²) >= 11 is 0. The van der Waals surface area contributed by atoms with Gasteiger partial charge in [-0.25, -0.2) is 4.79 Å². The lowest BCUT2D eigenvalue weighted by atomic mass is 10.2. The molecule has 0 aliphatic carbocycles. The van der Waals surface area contributed by atoms with Crippen molar-refractivity contribution in [2.75, 3.05) is 6.54 Å². The molecule has 1 atom stereocenters. The first-order valence-electron chi connectivity index (χ1n) is 6.38. The van der Waals surface area contributed by atoms with E-state index in [-0.39, 0.29) is 0 Å². The van der Waals surface area contributed by atoms with Crippen molar-refractivity contribution < 1.29 is 14.3 Å². The smallest absolute Gasteiger partial charge is 0.318 e. The predicted octanol–water partition coefficient (Wildman–Crippen LogP) is 0.462. The minimum atomic E-state index is -0.902. The highest BCUT2D eigenvalue weighted by Crippen LogP contribution is 2.18. The summed E-state index contributed by atoms with van der Waals surface area (Å²) in [6.45, 7) is 6.74. The van der Waals surface area contributed by atoms with Crippen LogP contribution in [0.25, 0.3) is 0 Å². The summed E-state index contributed by atoms with van der Waals surface area (Å²) in [5, 5.41) is 5.13. The number of imide groups is 1. The van der Waals surface area contributed by atoms with Gasteiger partial charge in [0.05, 0.1) is 5.69 Å². The second-order valence-electron chi connectivity index (χ2n) is 4.29. The van der Waals surface area contributed by atoms with Crippen molar-refractivity contribution in [3.8, 4) is 5.75 Å². The van der Waals surface area contributed by atoms with Crippen LogP contribution in [0.2, 0.25) is 0 Å². The molecule has 110 valence electrons. The van der Waals surface area contributed by atoms with Gasteiger partial charge in [-0.2, -0.15) is 0 Å². The van der Waals surface area contributed by atoms with Crippen LogP contribution in [0.5, 0.6) is 5.75 Å². The number of carbonyl (C=O) groups is 2. The number of hydrogen-bond acceptors (Lipinski definition) is 5. The lowest BCUT2D eigenvalue weighted by molar-refractivity contribution is -0.126. The number of hydrogen-bond donors (Lipinski definition) is 3. The lowest BCUT2D eigenvalue weighted by Gasteiger charge is -2.16.